The molecule has 1 N–H and O–H groups in total. The molecule has 1 aliphatic carbocycles. The summed E-state index contributed by atoms with van der Waals surface area (Å²) in [6.45, 7) is 7.34. The van der Waals surface area contributed by atoms with E-state index in [4.69, 9.17) is 14.2 Å². The molecule has 1 aromatic carbocycles. The van der Waals surface area contributed by atoms with E-state index in [2.05, 4.69) is 27.6 Å². The molecule has 0 spiro atoms. The number of amides is 2. The van der Waals surface area contributed by atoms with Crippen molar-refractivity contribution in [3.05, 3.63) is 50.0 Å². The van der Waals surface area contributed by atoms with Crippen LogP contribution in [0.1, 0.15) is 79.1 Å². The maximum atomic E-state index is 14.2. The Morgan fingerprint density at radius 2 is 1.87 bits per heavy atom. The summed E-state index contributed by atoms with van der Waals surface area (Å²) in [5, 5.41) is 2.77. The number of Topliss-reactive ketones (excluding diaryl/α,β-unsaturated/α-hetero) is 1. The average Bonchev–Trinajstić information content (AvgIpc) is 3.51. The molecular weight excluding hydrogens is 772 g/mol. The largest absolute Gasteiger partial charge is 2.00 e. The topological polar surface area (TPSA) is 137 Å². The summed E-state index contributed by atoms with van der Waals surface area (Å²) < 4.78 is 17.1. The maximum Gasteiger partial charge on any atom is 2.00 e. The van der Waals surface area contributed by atoms with E-state index in [1.165, 1.54) is 4.90 Å². The van der Waals surface area contributed by atoms with Crippen LogP contribution in [0, 0.1) is 25.0 Å². The van der Waals surface area contributed by atoms with Crippen molar-refractivity contribution >= 4 is 34.8 Å². The maximum absolute atomic E-state index is 14.2. The Morgan fingerprint density at radius 3 is 2.60 bits per heavy atom. The van der Waals surface area contributed by atoms with Crippen LogP contribution in [-0.2, 0) is 44.9 Å². The SMILES string of the molecule is CCOC(=O)[C@]12CC(=O)[C@@H]3C[C@@H](Oc4[c-]nc5ccccc5n4)CN3C(=O)[C@@H](NC(=O)OC(C)(C)C)CCCCC/C=C\[C@@H]1C2.[CH3-].[W+2]. The van der Waals surface area contributed by atoms with Crippen molar-refractivity contribution in [3.63, 3.8) is 0 Å². The summed E-state index contributed by atoms with van der Waals surface area (Å²) in [4.78, 5) is 64.6. The second kappa shape index (κ2) is 16.2. The molecule has 2 fully saturated rings. The molecule has 12 heteroatoms. The second-order valence-corrected chi connectivity index (χ2v) is 13.2. The molecule has 5 rings (SSSR count). The van der Waals surface area contributed by atoms with Gasteiger partial charge in [-0.15, -0.1) is 6.07 Å². The van der Waals surface area contributed by atoms with Crippen molar-refractivity contribution in [2.75, 3.05) is 13.2 Å². The predicted molar refractivity (Wildman–Crippen MR) is 172 cm³/mol. The van der Waals surface area contributed by atoms with Gasteiger partial charge in [-0.1, -0.05) is 54.9 Å². The summed E-state index contributed by atoms with van der Waals surface area (Å²) in [6, 6.07) is 5.59. The number of benzene rings is 1. The number of allylic oxidation sites excluding steroid dienone is 2. The van der Waals surface area contributed by atoms with Crippen LogP contribution in [0.3, 0.4) is 0 Å². The predicted octanol–water partition coefficient (Wildman–Crippen LogP) is 5.17. The van der Waals surface area contributed by atoms with Gasteiger partial charge < -0.3 is 36.8 Å². The van der Waals surface area contributed by atoms with Crippen molar-refractivity contribution in [1.29, 1.82) is 0 Å². The number of esters is 1. The number of hydrogen-bond acceptors (Lipinski definition) is 9. The van der Waals surface area contributed by atoms with Crippen molar-refractivity contribution in [3.8, 4) is 5.88 Å². The molecule has 2 amide bonds. The zero-order valence-corrected chi connectivity index (χ0v) is 30.9. The minimum Gasteiger partial charge on any atom is -0.488 e. The molecule has 47 heavy (non-hydrogen) atoms. The van der Waals surface area contributed by atoms with Gasteiger partial charge in [-0.2, -0.15) is 0 Å². The molecule has 11 nitrogen and oxygen atoms in total. The third-order valence-corrected chi connectivity index (χ3v) is 8.60. The summed E-state index contributed by atoms with van der Waals surface area (Å²) in [5.41, 5.74) is -0.382. The third-order valence-electron chi connectivity index (χ3n) is 8.60. The Labute approximate surface area is 291 Å². The zero-order chi connectivity index (χ0) is 32.2. The standard InChI is InChI=1S/C34H43N4O7.CH3.W/c1-5-43-31(41)34-18-22(34)13-9-7-6-8-10-16-26(37-32(42)45-33(2,3)4)30(40)38-21-23(17-27(38)28(39)19-34)44-29-20-35-24-14-11-12-15-25(24)36-29;;/h9,11-15,22-23,26-27H,5-8,10,16-19,21H2,1-4H3,(H,37,42);1H3;/q2*-1;+2/b13-9-;;/t22-,23-,26+,27+,34-;;/m1../s1. The number of fused-ring (bicyclic) bond motifs is 3. The van der Waals surface area contributed by atoms with Gasteiger partial charge in [-0.25, -0.2) is 9.78 Å². The molecule has 1 aromatic heterocycles. The molecule has 0 unspecified atom stereocenters. The number of para-hydroxylation sites is 2. The van der Waals surface area contributed by atoms with Gasteiger partial charge in [-0.3, -0.25) is 14.4 Å². The minimum absolute atomic E-state index is 0. The van der Waals surface area contributed by atoms with Crippen molar-refractivity contribution in [2.45, 2.75) is 103 Å². The van der Waals surface area contributed by atoms with Gasteiger partial charge in [0.25, 0.3) is 0 Å². The van der Waals surface area contributed by atoms with Crippen LogP contribution in [0.25, 0.3) is 11.0 Å². The minimum atomic E-state index is -0.941. The fourth-order valence-corrected chi connectivity index (χ4v) is 6.29. The van der Waals surface area contributed by atoms with Gasteiger partial charge in [-0.05, 0) is 59.3 Å². The Hall–Kier alpha value is -3.33. The summed E-state index contributed by atoms with van der Waals surface area (Å²) in [6.07, 6.45) is 9.99. The molecule has 3 aliphatic rings. The van der Waals surface area contributed by atoms with Crippen molar-refractivity contribution in [1.82, 2.24) is 20.2 Å². The van der Waals surface area contributed by atoms with Gasteiger partial charge in [0.1, 0.15) is 23.6 Å². The molecule has 1 saturated heterocycles. The number of nitrogens with zero attached hydrogens (tertiary/aromatic N) is 3. The van der Waals surface area contributed by atoms with Crippen LogP contribution < -0.4 is 10.1 Å². The quantitative estimate of drug-likeness (QED) is 0.246. The second-order valence-electron chi connectivity index (χ2n) is 13.2. The van der Waals surface area contributed by atoms with Gasteiger partial charge >= 0.3 is 33.1 Å². The number of nitrogens with one attached hydrogen (secondary N) is 1. The summed E-state index contributed by atoms with van der Waals surface area (Å²) in [5.74, 6) is -0.929. The molecule has 1 saturated carbocycles. The van der Waals surface area contributed by atoms with E-state index in [1.807, 2.05) is 30.3 Å². The molecule has 2 aromatic rings. The summed E-state index contributed by atoms with van der Waals surface area (Å²) in [7, 11) is 0. The van der Waals surface area contributed by atoms with Gasteiger partial charge in [0.05, 0.1) is 24.6 Å². The number of ketones is 1. The van der Waals surface area contributed by atoms with E-state index < -0.39 is 35.3 Å². The number of carbonyl (C=O) groups excluding carboxylic acids is 4. The molecule has 254 valence electrons. The molecule has 0 bridgehead atoms. The fraction of sp³-hybridized carbons (Fsp3) is 0.571. The van der Waals surface area contributed by atoms with E-state index in [1.54, 1.807) is 27.7 Å². The van der Waals surface area contributed by atoms with Crippen LogP contribution in [0.4, 0.5) is 4.79 Å². The normalized spacial score (nSPS) is 27.0. The zero-order valence-electron chi connectivity index (χ0n) is 28.0. The van der Waals surface area contributed by atoms with E-state index in [0.29, 0.717) is 30.3 Å². The molecule has 2 aliphatic heterocycles. The first-order valence-electron chi connectivity index (χ1n) is 16.0. The number of ether oxygens (including phenoxy) is 3. The Balaban J connectivity index is 0.00000300. The van der Waals surface area contributed by atoms with Crippen LogP contribution in [0.2, 0.25) is 0 Å². The van der Waals surface area contributed by atoms with Crippen LogP contribution in [-0.4, -0.2) is 75.6 Å². The van der Waals surface area contributed by atoms with Gasteiger partial charge in [0.2, 0.25) is 5.91 Å². The molecule has 5 atom stereocenters. The van der Waals surface area contributed by atoms with Gasteiger partial charge in [0, 0.05) is 18.4 Å². The molecule has 3 heterocycles. The number of rotatable bonds is 5. The number of alkyl carbamates (subject to hydrolysis) is 1. The number of aromatic nitrogens is 2. The van der Waals surface area contributed by atoms with Crippen molar-refractivity contribution < 1.29 is 54.5 Å². The van der Waals surface area contributed by atoms with Crippen LogP contribution in [0.5, 0.6) is 5.88 Å². The Bertz CT molecular complexity index is 1460. The third kappa shape index (κ3) is 9.40. The number of carbonyl (C=O) groups is 4. The molecular formula is C35H46N4O7W. The Morgan fingerprint density at radius 1 is 1.13 bits per heavy atom. The smallest absolute Gasteiger partial charge is 0.488 e. The number of hydrogen-bond donors (Lipinski definition) is 1. The van der Waals surface area contributed by atoms with Gasteiger partial charge in [0.15, 0.2) is 5.78 Å². The van der Waals surface area contributed by atoms with Crippen molar-refractivity contribution in [2.24, 2.45) is 11.3 Å². The van der Waals surface area contributed by atoms with E-state index >= 15 is 0 Å². The first-order valence-corrected chi connectivity index (χ1v) is 16.0. The first kappa shape index (κ1) is 38.1. The van der Waals surface area contributed by atoms with E-state index in [9.17, 15) is 19.2 Å². The fourth-order valence-electron chi connectivity index (χ4n) is 6.29. The van der Waals surface area contributed by atoms with E-state index in [-0.39, 0.29) is 83.9 Å². The van der Waals surface area contributed by atoms with Crippen LogP contribution >= 0.6 is 0 Å². The first-order chi connectivity index (χ1) is 21.5. The monoisotopic (exact) mass is 818 g/mol. The molecule has 0 radical (unpaired) electrons. The van der Waals surface area contributed by atoms with Crippen LogP contribution in [0.15, 0.2) is 36.4 Å². The average molecular weight is 819 g/mol. The summed E-state index contributed by atoms with van der Waals surface area (Å²) >= 11 is 0. The Kier molecular flexibility index (Phi) is 13.1. The van der Waals surface area contributed by atoms with E-state index in [0.717, 1.165) is 19.3 Å².